The van der Waals surface area contributed by atoms with E-state index in [0.29, 0.717) is 18.7 Å². The van der Waals surface area contributed by atoms with Crippen LogP contribution in [0.4, 0.5) is 5.69 Å². The fourth-order valence-corrected chi connectivity index (χ4v) is 2.42. The molecule has 1 aromatic carbocycles. The van der Waals surface area contributed by atoms with Gasteiger partial charge in [-0.05, 0) is 31.9 Å². The Bertz CT molecular complexity index is 499. The highest BCUT2D eigenvalue weighted by Crippen LogP contribution is 2.29. The molecule has 96 valence electrons. The third kappa shape index (κ3) is 2.16. The van der Waals surface area contributed by atoms with E-state index < -0.39 is 17.9 Å². The van der Waals surface area contributed by atoms with E-state index in [4.69, 9.17) is 5.73 Å². The highest BCUT2D eigenvalue weighted by atomic mass is 16.4. The molecule has 0 radical (unpaired) electrons. The molecule has 1 aromatic rings. The summed E-state index contributed by atoms with van der Waals surface area (Å²) in [5, 5.41) is 9.23. The molecule has 3 N–H and O–H groups in total. The maximum Gasteiger partial charge on any atom is 0.337 e. The minimum Gasteiger partial charge on any atom is -0.478 e. The molecule has 0 aromatic heterocycles. The molecule has 18 heavy (non-hydrogen) atoms. The first-order valence-corrected chi connectivity index (χ1v) is 5.90. The Balaban J connectivity index is 2.44. The third-order valence-corrected chi connectivity index (χ3v) is 3.27. The number of hydrogen-bond donors (Lipinski definition) is 2. The normalized spacial score (nSPS) is 18.9. The van der Waals surface area contributed by atoms with E-state index in [0.717, 1.165) is 12.0 Å². The predicted octanol–water partition coefficient (Wildman–Crippen LogP) is 1.15. The van der Waals surface area contributed by atoms with E-state index in [1.165, 1.54) is 0 Å². The number of aromatic carboxylic acids is 1. The van der Waals surface area contributed by atoms with Gasteiger partial charge in [0.05, 0.1) is 11.3 Å². The molecule has 1 aliphatic rings. The maximum atomic E-state index is 11.4. The van der Waals surface area contributed by atoms with Crippen LogP contribution in [0.25, 0.3) is 0 Å². The number of carbonyl (C=O) groups excluding carboxylic acids is 1. The number of aryl methyl sites for hydroxylation is 1. The highest BCUT2D eigenvalue weighted by Gasteiger charge is 2.31. The number of carboxylic acid groups (broad SMARTS) is 1. The largest absolute Gasteiger partial charge is 0.478 e. The van der Waals surface area contributed by atoms with Gasteiger partial charge in [-0.1, -0.05) is 11.6 Å². The molecule has 5 nitrogen and oxygen atoms in total. The van der Waals surface area contributed by atoms with Crippen molar-refractivity contribution in [1.29, 1.82) is 0 Å². The summed E-state index contributed by atoms with van der Waals surface area (Å²) >= 11 is 0. The molecule has 1 saturated heterocycles. The van der Waals surface area contributed by atoms with Crippen LogP contribution in [0.2, 0.25) is 0 Å². The molecular formula is C13H16N2O3. The molecular weight excluding hydrogens is 232 g/mol. The van der Waals surface area contributed by atoms with Crippen molar-refractivity contribution in [3.63, 3.8) is 0 Å². The number of anilines is 1. The molecule has 5 heteroatoms. The number of primary amides is 1. The quantitative estimate of drug-likeness (QED) is 0.840. The standard InChI is InChI=1S/C13H16N2O3/c1-8-4-5-10(9(7-8)13(17)18)15-6-2-3-11(15)12(14)16/h4-5,7,11H,2-3,6H2,1H3,(H2,14,16)(H,17,18). The van der Waals surface area contributed by atoms with E-state index in [9.17, 15) is 14.7 Å². The first kappa shape index (κ1) is 12.4. The maximum absolute atomic E-state index is 11.4. The number of carboxylic acids is 1. The minimum atomic E-state index is -0.983. The first-order valence-electron chi connectivity index (χ1n) is 5.90. The molecule has 2 rings (SSSR count). The number of nitrogens with zero attached hydrogens (tertiary/aromatic N) is 1. The lowest BCUT2D eigenvalue weighted by Crippen LogP contribution is -2.41. The van der Waals surface area contributed by atoms with Crippen LogP contribution in [-0.4, -0.2) is 29.6 Å². The summed E-state index contributed by atoms with van der Waals surface area (Å²) in [6.07, 6.45) is 1.53. The number of rotatable bonds is 3. The molecule has 0 aliphatic carbocycles. The number of amides is 1. The van der Waals surface area contributed by atoms with Gasteiger partial charge < -0.3 is 15.7 Å². The van der Waals surface area contributed by atoms with Crippen molar-refractivity contribution in [3.05, 3.63) is 29.3 Å². The van der Waals surface area contributed by atoms with E-state index in [1.807, 2.05) is 13.0 Å². The van der Waals surface area contributed by atoms with Crippen molar-refractivity contribution in [3.8, 4) is 0 Å². The van der Waals surface area contributed by atoms with Gasteiger partial charge in [0.2, 0.25) is 5.91 Å². The average molecular weight is 248 g/mol. The van der Waals surface area contributed by atoms with Gasteiger partial charge in [0.15, 0.2) is 0 Å². The van der Waals surface area contributed by atoms with Gasteiger partial charge >= 0.3 is 5.97 Å². The van der Waals surface area contributed by atoms with Gasteiger partial charge in [0.25, 0.3) is 0 Å². The van der Waals surface area contributed by atoms with Crippen LogP contribution in [0.5, 0.6) is 0 Å². The lowest BCUT2D eigenvalue weighted by atomic mass is 10.1. The van der Waals surface area contributed by atoms with Crippen LogP contribution in [0.15, 0.2) is 18.2 Å². The van der Waals surface area contributed by atoms with Crippen LogP contribution in [-0.2, 0) is 4.79 Å². The predicted molar refractivity (Wildman–Crippen MR) is 67.7 cm³/mol. The third-order valence-electron chi connectivity index (χ3n) is 3.27. The fraction of sp³-hybridized carbons (Fsp3) is 0.385. The number of benzene rings is 1. The van der Waals surface area contributed by atoms with Crippen molar-refractivity contribution in [2.24, 2.45) is 5.73 Å². The summed E-state index contributed by atoms with van der Waals surface area (Å²) in [6, 6.07) is 4.82. The molecule has 1 unspecified atom stereocenters. The zero-order valence-corrected chi connectivity index (χ0v) is 10.2. The topological polar surface area (TPSA) is 83.6 Å². The van der Waals surface area contributed by atoms with E-state index in [1.54, 1.807) is 17.0 Å². The smallest absolute Gasteiger partial charge is 0.337 e. The van der Waals surface area contributed by atoms with Crippen LogP contribution in [0, 0.1) is 6.92 Å². The molecule has 1 aliphatic heterocycles. The SMILES string of the molecule is Cc1ccc(N2CCCC2C(N)=O)c(C(=O)O)c1. The van der Waals surface area contributed by atoms with Crippen LogP contribution in [0.3, 0.4) is 0 Å². The highest BCUT2D eigenvalue weighted by molar-refractivity contribution is 5.96. The van der Waals surface area contributed by atoms with E-state index in [2.05, 4.69) is 0 Å². The Labute approximate surface area is 105 Å². The van der Waals surface area contributed by atoms with Crippen LogP contribution >= 0.6 is 0 Å². The summed E-state index contributed by atoms with van der Waals surface area (Å²) in [6.45, 7) is 2.50. The van der Waals surface area contributed by atoms with Crippen molar-refractivity contribution < 1.29 is 14.7 Å². The zero-order valence-electron chi connectivity index (χ0n) is 10.2. The summed E-state index contributed by atoms with van der Waals surface area (Å²) in [7, 11) is 0. The Kier molecular flexibility index (Phi) is 3.23. The van der Waals surface area contributed by atoms with Gasteiger partial charge in [0, 0.05) is 6.54 Å². The Morgan fingerprint density at radius 1 is 1.44 bits per heavy atom. The van der Waals surface area contributed by atoms with Gasteiger partial charge in [-0.15, -0.1) is 0 Å². The van der Waals surface area contributed by atoms with Crippen LogP contribution in [0.1, 0.15) is 28.8 Å². The molecule has 1 fully saturated rings. The Hall–Kier alpha value is -2.04. The van der Waals surface area contributed by atoms with Gasteiger partial charge in [-0.2, -0.15) is 0 Å². The van der Waals surface area contributed by atoms with Crippen molar-refractivity contribution in [2.45, 2.75) is 25.8 Å². The number of carbonyl (C=O) groups is 2. The zero-order chi connectivity index (χ0) is 13.3. The van der Waals surface area contributed by atoms with Gasteiger partial charge in [-0.3, -0.25) is 4.79 Å². The first-order chi connectivity index (χ1) is 8.50. The second kappa shape index (κ2) is 4.68. The lowest BCUT2D eigenvalue weighted by molar-refractivity contribution is -0.119. The fourth-order valence-electron chi connectivity index (χ4n) is 2.42. The van der Waals surface area contributed by atoms with E-state index in [-0.39, 0.29) is 5.56 Å². The van der Waals surface area contributed by atoms with Gasteiger partial charge in [0.1, 0.15) is 6.04 Å². The van der Waals surface area contributed by atoms with E-state index >= 15 is 0 Å². The molecule has 1 heterocycles. The number of nitrogens with two attached hydrogens (primary N) is 1. The summed E-state index contributed by atoms with van der Waals surface area (Å²) in [4.78, 5) is 24.4. The molecule has 0 saturated carbocycles. The second-order valence-electron chi connectivity index (χ2n) is 4.58. The van der Waals surface area contributed by atoms with Gasteiger partial charge in [-0.25, -0.2) is 4.79 Å². The van der Waals surface area contributed by atoms with Crippen molar-refractivity contribution in [2.75, 3.05) is 11.4 Å². The molecule has 1 atom stereocenters. The number of hydrogen-bond acceptors (Lipinski definition) is 3. The summed E-state index contributed by atoms with van der Waals surface area (Å²) in [5.41, 5.74) is 7.04. The minimum absolute atomic E-state index is 0.225. The Morgan fingerprint density at radius 2 is 2.17 bits per heavy atom. The summed E-state index contributed by atoms with van der Waals surface area (Å²) < 4.78 is 0. The lowest BCUT2D eigenvalue weighted by Gasteiger charge is -2.26. The molecule has 0 spiro atoms. The molecule has 1 amide bonds. The Morgan fingerprint density at radius 3 is 2.78 bits per heavy atom. The van der Waals surface area contributed by atoms with Crippen LogP contribution < -0.4 is 10.6 Å². The van der Waals surface area contributed by atoms with Crippen molar-refractivity contribution >= 4 is 17.6 Å². The summed E-state index contributed by atoms with van der Waals surface area (Å²) in [5.74, 6) is -1.38. The monoisotopic (exact) mass is 248 g/mol. The van der Waals surface area contributed by atoms with Crippen molar-refractivity contribution in [1.82, 2.24) is 0 Å². The average Bonchev–Trinajstić information content (AvgIpc) is 2.77. The second-order valence-corrected chi connectivity index (χ2v) is 4.58. The molecule has 0 bridgehead atoms.